The normalized spacial score (nSPS) is 17.4. The lowest BCUT2D eigenvalue weighted by molar-refractivity contribution is -0.131. The summed E-state index contributed by atoms with van der Waals surface area (Å²) in [6.45, 7) is 4.29. The Hall–Kier alpha value is -2.08. The Labute approximate surface area is 144 Å². The minimum atomic E-state index is -0.202. The van der Waals surface area contributed by atoms with Crippen LogP contribution in [0.3, 0.4) is 0 Å². The van der Waals surface area contributed by atoms with Crippen LogP contribution in [0.5, 0.6) is 0 Å². The monoisotopic (exact) mass is 332 g/mol. The van der Waals surface area contributed by atoms with Gasteiger partial charge in [-0.15, -0.1) is 0 Å². The lowest BCUT2D eigenvalue weighted by Crippen LogP contribution is -2.47. The van der Waals surface area contributed by atoms with Crippen molar-refractivity contribution in [3.05, 3.63) is 29.8 Å². The highest BCUT2D eigenvalue weighted by Crippen LogP contribution is 2.14. The number of benzene rings is 1. The lowest BCUT2D eigenvalue weighted by Gasteiger charge is -2.32. The number of hydrogen-bond acceptors (Lipinski definition) is 3. The molecule has 6 heteroatoms. The van der Waals surface area contributed by atoms with Crippen LogP contribution in [0.4, 0.5) is 10.5 Å². The van der Waals surface area contributed by atoms with Crippen LogP contribution in [0.25, 0.3) is 0 Å². The Balaban J connectivity index is 1.84. The molecule has 3 N–H and O–H groups in total. The summed E-state index contributed by atoms with van der Waals surface area (Å²) in [5.41, 5.74) is 1.69. The summed E-state index contributed by atoms with van der Waals surface area (Å²) in [6.07, 6.45) is 3.48. The number of amides is 3. The quantitative estimate of drug-likeness (QED) is 0.746. The molecule has 0 aliphatic carbocycles. The standard InChI is InChI=1S/C18H28N4O2/c1-3-10-20-18(24)21-15-8-6-14(7-9-15)12-17(23)22-11-4-5-16(13-22)19-2/h6-9,16,19H,3-5,10-13H2,1-2H3,(H2,20,21,24). The maximum absolute atomic E-state index is 12.4. The molecule has 1 fully saturated rings. The molecule has 0 spiro atoms. The van der Waals surface area contributed by atoms with Crippen molar-refractivity contribution in [2.45, 2.75) is 38.6 Å². The number of nitrogens with one attached hydrogen (secondary N) is 3. The number of urea groups is 1. The Morgan fingerprint density at radius 3 is 2.67 bits per heavy atom. The molecular formula is C18H28N4O2. The second-order valence-electron chi connectivity index (χ2n) is 6.22. The molecule has 1 aromatic carbocycles. The zero-order valence-electron chi connectivity index (χ0n) is 14.6. The van der Waals surface area contributed by atoms with Gasteiger partial charge >= 0.3 is 6.03 Å². The van der Waals surface area contributed by atoms with Crippen molar-refractivity contribution < 1.29 is 9.59 Å². The SMILES string of the molecule is CCCNC(=O)Nc1ccc(CC(=O)N2CCCC(NC)C2)cc1. The number of anilines is 1. The molecule has 1 aromatic rings. The average molecular weight is 332 g/mol. The first-order valence-corrected chi connectivity index (χ1v) is 8.71. The number of piperidine rings is 1. The zero-order valence-corrected chi connectivity index (χ0v) is 14.6. The van der Waals surface area contributed by atoms with E-state index in [-0.39, 0.29) is 11.9 Å². The Morgan fingerprint density at radius 2 is 2.00 bits per heavy atom. The highest BCUT2D eigenvalue weighted by atomic mass is 16.2. The Morgan fingerprint density at radius 1 is 1.25 bits per heavy atom. The van der Waals surface area contributed by atoms with Crippen molar-refractivity contribution in [3.63, 3.8) is 0 Å². The van der Waals surface area contributed by atoms with Gasteiger partial charge in [-0.05, 0) is 44.0 Å². The number of rotatable bonds is 6. The second kappa shape index (κ2) is 9.27. The maximum atomic E-state index is 12.4. The molecule has 0 bridgehead atoms. The highest BCUT2D eigenvalue weighted by Gasteiger charge is 2.22. The van der Waals surface area contributed by atoms with Crippen molar-refractivity contribution >= 4 is 17.6 Å². The van der Waals surface area contributed by atoms with Crippen LogP contribution in [0.1, 0.15) is 31.7 Å². The van der Waals surface area contributed by atoms with Gasteiger partial charge in [-0.1, -0.05) is 19.1 Å². The molecule has 2 rings (SSSR count). The molecule has 1 unspecified atom stereocenters. The number of likely N-dealkylation sites (tertiary alicyclic amines) is 1. The molecule has 3 amide bonds. The molecule has 0 saturated carbocycles. The van der Waals surface area contributed by atoms with Gasteiger partial charge in [0.1, 0.15) is 0 Å². The Kier molecular flexibility index (Phi) is 7.06. The number of carbonyl (C=O) groups excluding carboxylic acids is 2. The van der Waals surface area contributed by atoms with Crippen LogP contribution >= 0.6 is 0 Å². The van der Waals surface area contributed by atoms with Gasteiger partial charge in [0.05, 0.1) is 6.42 Å². The summed E-state index contributed by atoms with van der Waals surface area (Å²) in [5, 5.41) is 8.80. The van der Waals surface area contributed by atoms with Crippen molar-refractivity contribution in [3.8, 4) is 0 Å². The van der Waals surface area contributed by atoms with Crippen molar-refractivity contribution in [2.75, 3.05) is 32.0 Å². The first-order valence-electron chi connectivity index (χ1n) is 8.71. The first kappa shape index (κ1) is 18.3. The van der Waals surface area contributed by atoms with E-state index in [9.17, 15) is 9.59 Å². The molecular weight excluding hydrogens is 304 g/mol. The molecule has 0 radical (unpaired) electrons. The fourth-order valence-electron chi connectivity index (χ4n) is 2.85. The second-order valence-corrected chi connectivity index (χ2v) is 6.22. The molecule has 1 aliphatic heterocycles. The molecule has 6 nitrogen and oxygen atoms in total. The smallest absolute Gasteiger partial charge is 0.319 e. The predicted molar refractivity (Wildman–Crippen MR) is 96.1 cm³/mol. The summed E-state index contributed by atoms with van der Waals surface area (Å²) in [4.78, 5) is 26.0. The van der Waals surface area contributed by atoms with Crippen LogP contribution in [-0.2, 0) is 11.2 Å². The zero-order chi connectivity index (χ0) is 17.4. The van der Waals surface area contributed by atoms with E-state index in [1.54, 1.807) is 0 Å². The molecule has 1 heterocycles. The molecule has 1 aliphatic rings. The number of nitrogens with zero attached hydrogens (tertiary/aromatic N) is 1. The number of carbonyl (C=O) groups is 2. The third-order valence-corrected chi connectivity index (χ3v) is 4.29. The van der Waals surface area contributed by atoms with E-state index in [0.29, 0.717) is 19.0 Å². The largest absolute Gasteiger partial charge is 0.341 e. The lowest BCUT2D eigenvalue weighted by atomic mass is 10.0. The highest BCUT2D eigenvalue weighted by molar-refractivity contribution is 5.89. The van der Waals surface area contributed by atoms with E-state index in [1.165, 1.54) is 0 Å². The fraction of sp³-hybridized carbons (Fsp3) is 0.556. The van der Waals surface area contributed by atoms with Gasteiger partial charge in [0.15, 0.2) is 0 Å². The van der Waals surface area contributed by atoms with E-state index < -0.39 is 0 Å². The summed E-state index contributed by atoms with van der Waals surface area (Å²) in [5.74, 6) is 0.163. The maximum Gasteiger partial charge on any atom is 0.319 e. The molecule has 1 saturated heterocycles. The average Bonchev–Trinajstić information content (AvgIpc) is 2.61. The van der Waals surface area contributed by atoms with Crippen LogP contribution < -0.4 is 16.0 Å². The van der Waals surface area contributed by atoms with Crippen LogP contribution in [0, 0.1) is 0 Å². The molecule has 1 atom stereocenters. The number of hydrogen-bond donors (Lipinski definition) is 3. The molecule has 24 heavy (non-hydrogen) atoms. The third kappa shape index (κ3) is 5.53. The van der Waals surface area contributed by atoms with Gasteiger partial charge in [0.2, 0.25) is 5.91 Å². The van der Waals surface area contributed by atoms with Crippen molar-refractivity contribution in [1.82, 2.24) is 15.5 Å². The van der Waals surface area contributed by atoms with Crippen LogP contribution in [0.15, 0.2) is 24.3 Å². The van der Waals surface area contributed by atoms with Gasteiger partial charge in [0.25, 0.3) is 0 Å². The predicted octanol–water partition coefficient (Wildman–Crippen LogP) is 1.97. The van der Waals surface area contributed by atoms with Gasteiger partial charge in [-0.3, -0.25) is 4.79 Å². The van der Waals surface area contributed by atoms with E-state index in [1.807, 2.05) is 43.1 Å². The van der Waals surface area contributed by atoms with Gasteiger partial charge in [0, 0.05) is 31.4 Å². The topological polar surface area (TPSA) is 73.5 Å². The van der Waals surface area contributed by atoms with Crippen LogP contribution in [0.2, 0.25) is 0 Å². The first-order chi connectivity index (χ1) is 11.6. The fourth-order valence-corrected chi connectivity index (χ4v) is 2.85. The van der Waals surface area contributed by atoms with Gasteiger partial charge in [-0.25, -0.2) is 4.79 Å². The molecule has 0 aromatic heterocycles. The Bertz CT molecular complexity index is 544. The summed E-state index contributed by atoms with van der Waals surface area (Å²) in [6, 6.07) is 7.66. The van der Waals surface area contributed by atoms with Crippen LogP contribution in [-0.4, -0.2) is 49.6 Å². The summed E-state index contributed by atoms with van der Waals surface area (Å²) >= 11 is 0. The minimum absolute atomic E-state index is 0.163. The van der Waals surface area contributed by atoms with Crippen molar-refractivity contribution in [2.24, 2.45) is 0 Å². The molecule has 132 valence electrons. The number of likely N-dealkylation sites (N-methyl/N-ethyl adjacent to an activating group) is 1. The van der Waals surface area contributed by atoms with Gasteiger partial charge in [-0.2, -0.15) is 0 Å². The summed E-state index contributed by atoms with van der Waals surface area (Å²) in [7, 11) is 1.95. The van der Waals surface area contributed by atoms with E-state index in [4.69, 9.17) is 0 Å². The third-order valence-electron chi connectivity index (χ3n) is 4.29. The summed E-state index contributed by atoms with van der Waals surface area (Å²) < 4.78 is 0. The minimum Gasteiger partial charge on any atom is -0.341 e. The van der Waals surface area contributed by atoms with Gasteiger partial charge < -0.3 is 20.9 Å². The van der Waals surface area contributed by atoms with E-state index in [0.717, 1.165) is 43.6 Å². The van der Waals surface area contributed by atoms with Crippen molar-refractivity contribution in [1.29, 1.82) is 0 Å². The van der Waals surface area contributed by atoms with E-state index in [2.05, 4.69) is 16.0 Å². The van der Waals surface area contributed by atoms with E-state index >= 15 is 0 Å².